The average Bonchev–Trinajstić information content (AvgIpc) is 2.70. The molecule has 148 valence electrons. The van der Waals surface area contributed by atoms with E-state index in [0.29, 0.717) is 23.7 Å². The summed E-state index contributed by atoms with van der Waals surface area (Å²) in [5.41, 5.74) is 1.68. The molecule has 0 aliphatic carbocycles. The number of piperazine rings is 1. The zero-order chi connectivity index (χ0) is 20.1. The quantitative estimate of drug-likeness (QED) is 0.806. The van der Waals surface area contributed by atoms with Crippen molar-refractivity contribution >= 4 is 35.0 Å². The van der Waals surface area contributed by atoms with E-state index in [4.69, 9.17) is 23.2 Å². The molecule has 1 unspecified atom stereocenters. The Kier molecular flexibility index (Phi) is 6.94. The van der Waals surface area contributed by atoms with Crippen molar-refractivity contribution in [1.82, 2.24) is 15.1 Å². The predicted molar refractivity (Wildman–Crippen MR) is 112 cm³/mol. The number of rotatable bonds is 5. The third-order valence-corrected chi connectivity index (χ3v) is 5.33. The smallest absolute Gasteiger partial charge is 0.251 e. The van der Waals surface area contributed by atoms with Gasteiger partial charge in [0, 0.05) is 48.3 Å². The second kappa shape index (κ2) is 9.41. The lowest BCUT2D eigenvalue weighted by atomic mass is 10.1. The topological polar surface area (TPSA) is 52.7 Å². The molecule has 2 aromatic rings. The van der Waals surface area contributed by atoms with E-state index >= 15 is 0 Å². The number of amides is 2. The average molecular weight is 420 g/mol. The van der Waals surface area contributed by atoms with Crippen molar-refractivity contribution in [3.8, 4) is 0 Å². The Balaban J connectivity index is 1.48. The number of hydrogen-bond acceptors (Lipinski definition) is 3. The van der Waals surface area contributed by atoms with E-state index in [9.17, 15) is 9.59 Å². The van der Waals surface area contributed by atoms with Gasteiger partial charge in [-0.25, -0.2) is 0 Å². The number of halogens is 2. The standard InChI is InChI=1S/C21H23Cl2N3O2/c1-15(24-20(27)17-4-8-19(23)9-5-17)21(28)26-12-10-25(11-13-26)14-16-2-6-18(22)7-3-16/h2-9,15H,10-14H2,1H3,(H,24,27). The molecule has 2 aromatic carbocycles. The molecule has 0 spiro atoms. The minimum absolute atomic E-state index is 0.0616. The van der Waals surface area contributed by atoms with E-state index in [-0.39, 0.29) is 11.8 Å². The first-order chi connectivity index (χ1) is 13.4. The first kappa shape index (κ1) is 20.6. The van der Waals surface area contributed by atoms with Gasteiger partial charge in [0.05, 0.1) is 0 Å². The first-order valence-electron chi connectivity index (χ1n) is 9.24. The van der Waals surface area contributed by atoms with E-state index in [1.165, 1.54) is 5.56 Å². The van der Waals surface area contributed by atoms with Crippen LogP contribution in [0.3, 0.4) is 0 Å². The fourth-order valence-electron chi connectivity index (χ4n) is 3.19. The second-order valence-corrected chi connectivity index (χ2v) is 7.80. The number of carbonyl (C=O) groups excluding carboxylic acids is 2. The van der Waals surface area contributed by atoms with Crippen molar-refractivity contribution in [3.05, 3.63) is 69.7 Å². The molecule has 0 radical (unpaired) electrons. The van der Waals surface area contributed by atoms with Gasteiger partial charge in [-0.15, -0.1) is 0 Å². The lowest BCUT2D eigenvalue weighted by Gasteiger charge is -2.36. The highest BCUT2D eigenvalue weighted by Crippen LogP contribution is 2.14. The van der Waals surface area contributed by atoms with Gasteiger partial charge in [-0.3, -0.25) is 14.5 Å². The molecule has 1 heterocycles. The maximum atomic E-state index is 12.7. The molecule has 1 aliphatic rings. The maximum Gasteiger partial charge on any atom is 0.251 e. The summed E-state index contributed by atoms with van der Waals surface area (Å²) < 4.78 is 0. The Labute approximate surface area is 175 Å². The van der Waals surface area contributed by atoms with E-state index in [0.717, 1.165) is 24.7 Å². The Bertz CT molecular complexity index is 817. The van der Waals surface area contributed by atoms with Crippen LogP contribution in [0.1, 0.15) is 22.8 Å². The van der Waals surface area contributed by atoms with Crippen molar-refractivity contribution in [3.63, 3.8) is 0 Å². The molecular weight excluding hydrogens is 397 g/mol. The normalized spacial score (nSPS) is 15.9. The first-order valence-corrected chi connectivity index (χ1v) is 10.00. The zero-order valence-electron chi connectivity index (χ0n) is 15.7. The highest BCUT2D eigenvalue weighted by molar-refractivity contribution is 6.30. The molecule has 1 fully saturated rings. The molecular formula is C21H23Cl2N3O2. The van der Waals surface area contributed by atoms with Crippen LogP contribution in [0, 0.1) is 0 Å². The summed E-state index contributed by atoms with van der Waals surface area (Å²) >= 11 is 11.8. The van der Waals surface area contributed by atoms with E-state index in [2.05, 4.69) is 10.2 Å². The van der Waals surface area contributed by atoms with Crippen LogP contribution in [0.4, 0.5) is 0 Å². The van der Waals surface area contributed by atoms with Gasteiger partial charge in [0.25, 0.3) is 5.91 Å². The molecule has 1 N–H and O–H groups in total. The molecule has 0 aromatic heterocycles. The third kappa shape index (κ3) is 5.47. The zero-order valence-corrected chi connectivity index (χ0v) is 17.2. The van der Waals surface area contributed by atoms with Crippen molar-refractivity contribution in [2.75, 3.05) is 26.2 Å². The number of benzene rings is 2. The Hall–Kier alpha value is -2.08. The molecule has 1 atom stereocenters. The van der Waals surface area contributed by atoms with Gasteiger partial charge >= 0.3 is 0 Å². The Morgan fingerprint density at radius 1 is 0.929 bits per heavy atom. The van der Waals surface area contributed by atoms with Crippen LogP contribution in [0.2, 0.25) is 10.0 Å². The van der Waals surface area contributed by atoms with Gasteiger partial charge in [-0.2, -0.15) is 0 Å². The van der Waals surface area contributed by atoms with E-state index < -0.39 is 6.04 Å². The van der Waals surface area contributed by atoms with Gasteiger partial charge in [0.2, 0.25) is 5.91 Å². The van der Waals surface area contributed by atoms with E-state index in [1.54, 1.807) is 31.2 Å². The third-order valence-electron chi connectivity index (χ3n) is 4.83. The fourth-order valence-corrected chi connectivity index (χ4v) is 3.44. The van der Waals surface area contributed by atoms with Crippen molar-refractivity contribution in [2.24, 2.45) is 0 Å². The SMILES string of the molecule is CC(NC(=O)c1ccc(Cl)cc1)C(=O)N1CCN(Cc2ccc(Cl)cc2)CC1. The summed E-state index contributed by atoms with van der Waals surface area (Å²) in [5, 5.41) is 4.07. The van der Waals surface area contributed by atoms with Crippen LogP contribution in [0.25, 0.3) is 0 Å². The van der Waals surface area contributed by atoms with Crippen LogP contribution in [0.15, 0.2) is 48.5 Å². The summed E-state index contributed by atoms with van der Waals surface area (Å²) in [6.45, 7) is 5.44. The minimum Gasteiger partial charge on any atom is -0.341 e. The number of nitrogens with one attached hydrogen (secondary N) is 1. The summed E-state index contributed by atoms with van der Waals surface area (Å²) in [5.74, 6) is -0.340. The Morgan fingerprint density at radius 3 is 2.04 bits per heavy atom. The Morgan fingerprint density at radius 2 is 1.46 bits per heavy atom. The van der Waals surface area contributed by atoms with Gasteiger partial charge in [0.15, 0.2) is 0 Å². The molecule has 7 heteroatoms. The van der Waals surface area contributed by atoms with Crippen LogP contribution >= 0.6 is 23.2 Å². The molecule has 2 amide bonds. The monoisotopic (exact) mass is 419 g/mol. The molecule has 5 nitrogen and oxygen atoms in total. The largest absolute Gasteiger partial charge is 0.341 e. The second-order valence-electron chi connectivity index (χ2n) is 6.93. The number of hydrogen-bond donors (Lipinski definition) is 1. The van der Waals surface area contributed by atoms with Crippen LogP contribution in [-0.2, 0) is 11.3 Å². The molecule has 28 heavy (non-hydrogen) atoms. The van der Waals surface area contributed by atoms with Crippen molar-refractivity contribution < 1.29 is 9.59 Å². The predicted octanol–water partition coefficient (Wildman–Crippen LogP) is 3.46. The van der Waals surface area contributed by atoms with Gasteiger partial charge < -0.3 is 10.2 Å². The van der Waals surface area contributed by atoms with Gasteiger partial charge in [-0.05, 0) is 48.9 Å². The molecule has 1 aliphatic heterocycles. The fraction of sp³-hybridized carbons (Fsp3) is 0.333. The van der Waals surface area contributed by atoms with Crippen LogP contribution in [-0.4, -0.2) is 53.8 Å². The number of carbonyl (C=O) groups is 2. The highest BCUT2D eigenvalue weighted by Gasteiger charge is 2.26. The van der Waals surface area contributed by atoms with E-state index in [1.807, 2.05) is 29.2 Å². The van der Waals surface area contributed by atoms with Crippen LogP contribution < -0.4 is 5.32 Å². The lowest BCUT2D eigenvalue weighted by Crippen LogP contribution is -2.53. The molecule has 1 saturated heterocycles. The van der Waals surface area contributed by atoms with Crippen molar-refractivity contribution in [2.45, 2.75) is 19.5 Å². The molecule has 0 bridgehead atoms. The van der Waals surface area contributed by atoms with Gasteiger partial charge in [0.1, 0.15) is 6.04 Å². The van der Waals surface area contributed by atoms with Crippen molar-refractivity contribution in [1.29, 1.82) is 0 Å². The molecule has 0 saturated carbocycles. The summed E-state index contributed by atoms with van der Waals surface area (Å²) in [7, 11) is 0. The molecule has 3 rings (SSSR count). The van der Waals surface area contributed by atoms with Crippen LogP contribution in [0.5, 0.6) is 0 Å². The summed E-state index contributed by atoms with van der Waals surface area (Å²) in [6, 6.07) is 13.8. The number of nitrogens with zero attached hydrogens (tertiary/aromatic N) is 2. The van der Waals surface area contributed by atoms with Gasteiger partial charge in [-0.1, -0.05) is 35.3 Å². The maximum absolute atomic E-state index is 12.7. The summed E-state index contributed by atoms with van der Waals surface area (Å²) in [4.78, 5) is 29.1. The highest BCUT2D eigenvalue weighted by atomic mass is 35.5. The minimum atomic E-state index is -0.578. The lowest BCUT2D eigenvalue weighted by molar-refractivity contribution is -0.134. The summed E-state index contributed by atoms with van der Waals surface area (Å²) in [6.07, 6.45) is 0.